The molecule has 0 heterocycles. The molecule has 3 N–H and O–H groups in total. The molecule has 36 heavy (non-hydrogen) atoms. The molecule has 210 valence electrons. The number of hydrogen-bond donors (Lipinski definition) is 2. The maximum absolute atomic E-state index is 11.8. The molecule has 1 aromatic carbocycles. The van der Waals surface area contributed by atoms with Crippen molar-refractivity contribution in [2.75, 3.05) is 26.2 Å². The first kappa shape index (κ1) is 34.6. The van der Waals surface area contributed by atoms with Crippen LogP contribution in [0.25, 0.3) is 0 Å². The van der Waals surface area contributed by atoms with Crippen LogP contribution in [-0.4, -0.2) is 37.0 Å². The zero-order valence-corrected chi connectivity index (χ0v) is 24.4. The van der Waals surface area contributed by atoms with E-state index in [0.717, 1.165) is 39.0 Å². The molecule has 0 bridgehead atoms. The van der Waals surface area contributed by atoms with Crippen molar-refractivity contribution >= 4 is 5.91 Å². The van der Waals surface area contributed by atoms with E-state index in [-0.39, 0.29) is 5.91 Å². The van der Waals surface area contributed by atoms with Gasteiger partial charge in [0, 0.05) is 19.5 Å². The van der Waals surface area contributed by atoms with Gasteiger partial charge in [-0.1, -0.05) is 141 Å². The van der Waals surface area contributed by atoms with Crippen molar-refractivity contribution in [1.29, 1.82) is 0 Å². The third kappa shape index (κ3) is 24.3. The summed E-state index contributed by atoms with van der Waals surface area (Å²) in [5.41, 5.74) is 6.54. The van der Waals surface area contributed by atoms with Gasteiger partial charge in [-0.15, -0.1) is 0 Å². The molecule has 1 amide bonds. The molecule has 0 radical (unpaired) electrons. The molecule has 1 rings (SSSR count). The van der Waals surface area contributed by atoms with Gasteiger partial charge in [-0.2, -0.15) is 0 Å². The number of carbonyl (C=O) groups is 1. The SMILES string of the molecule is CCCCCCCCCCCCCCCCCC(=O)NCCCN(CC)CC.NCc1ccccc1. The summed E-state index contributed by atoms with van der Waals surface area (Å²) < 4.78 is 0. The number of nitrogens with zero attached hydrogens (tertiary/aromatic N) is 1. The lowest BCUT2D eigenvalue weighted by Crippen LogP contribution is -2.29. The Balaban J connectivity index is 0.00000128. The zero-order chi connectivity index (χ0) is 26.5. The van der Waals surface area contributed by atoms with E-state index >= 15 is 0 Å². The van der Waals surface area contributed by atoms with Crippen molar-refractivity contribution in [1.82, 2.24) is 10.2 Å². The van der Waals surface area contributed by atoms with Crippen LogP contribution < -0.4 is 11.1 Å². The minimum atomic E-state index is 0.245. The summed E-state index contributed by atoms with van der Waals surface area (Å²) in [5.74, 6) is 0.245. The van der Waals surface area contributed by atoms with Crippen molar-refractivity contribution in [3.8, 4) is 0 Å². The van der Waals surface area contributed by atoms with Crippen LogP contribution in [-0.2, 0) is 11.3 Å². The number of hydrogen-bond acceptors (Lipinski definition) is 3. The molecule has 0 aliphatic heterocycles. The van der Waals surface area contributed by atoms with Crippen molar-refractivity contribution in [2.24, 2.45) is 5.73 Å². The quantitative estimate of drug-likeness (QED) is 0.148. The Labute approximate surface area is 225 Å². The molecule has 0 saturated heterocycles. The maximum atomic E-state index is 11.8. The Morgan fingerprint density at radius 2 is 1.17 bits per heavy atom. The van der Waals surface area contributed by atoms with Gasteiger partial charge in [-0.25, -0.2) is 0 Å². The van der Waals surface area contributed by atoms with Gasteiger partial charge in [0.15, 0.2) is 0 Å². The normalized spacial score (nSPS) is 10.8. The standard InChI is InChI=1S/C25H52N2O.C7H9N/c1-4-7-8-9-10-11-12-13-14-15-16-17-18-19-20-22-25(28)26-23-21-24-27(5-2)6-3;8-6-7-4-2-1-3-5-7/h4-24H2,1-3H3,(H,26,28);1-5H,6,8H2. The highest BCUT2D eigenvalue weighted by Crippen LogP contribution is 2.13. The first-order valence-electron chi connectivity index (χ1n) is 15.4. The second kappa shape index (κ2) is 28.2. The number of nitrogens with one attached hydrogen (secondary N) is 1. The Morgan fingerprint density at radius 1 is 0.694 bits per heavy atom. The monoisotopic (exact) mass is 503 g/mol. The summed E-state index contributed by atoms with van der Waals surface area (Å²) in [6, 6.07) is 9.99. The summed E-state index contributed by atoms with van der Waals surface area (Å²) >= 11 is 0. The van der Waals surface area contributed by atoms with Crippen LogP contribution in [0.3, 0.4) is 0 Å². The van der Waals surface area contributed by atoms with E-state index in [1.165, 1.54) is 95.5 Å². The third-order valence-electron chi connectivity index (χ3n) is 6.95. The lowest BCUT2D eigenvalue weighted by Gasteiger charge is -2.17. The second-order valence-electron chi connectivity index (χ2n) is 10.1. The lowest BCUT2D eigenvalue weighted by atomic mass is 10.0. The van der Waals surface area contributed by atoms with Gasteiger partial charge in [0.25, 0.3) is 0 Å². The average Bonchev–Trinajstić information content (AvgIpc) is 2.91. The first-order valence-corrected chi connectivity index (χ1v) is 15.4. The molecule has 0 fully saturated rings. The Morgan fingerprint density at radius 3 is 1.58 bits per heavy atom. The van der Waals surface area contributed by atoms with Crippen LogP contribution in [0, 0.1) is 0 Å². The minimum absolute atomic E-state index is 0.245. The van der Waals surface area contributed by atoms with Crippen molar-refractivity contribution in [3.63, 3.8) is 0 Å². The van der Waals surface area contributed by atoms with Crippen LogP contribution in [0.1, 0.15) is 135 Å². The smallest absolute Gasteiger partial charge is 0.219 e. The number of amides is 1. The van der Waals surface area contributed by atoms with E-state index in [0.29, 0.717) is 13.0 Å². The van der Waals surface area contributed by atoms with Crippen LogP contribution in [0.4, 0.5) is 0 Å². The van der Waals surface area contributed by atoms with Gasteiger partial charge in [0.2, 0.25) is 5.91 Å². The predicted octanol–water partition coefficient (Wildman–Crippen LogP) is 8.24. The molecule has 0 atom stereocenters. The van der Waals surface area contributed by atoms with Crippen LogP contribution in [0.2, 0.25) is 0 Å². The van der Waals surface area contributed by atoms with Crippen molar-refractivity contribution in [3.05, 3.63) is 35.9 Å². The Kier molecular flexibility index (Phi) is 27.1. The lowest BCUT2D eigenvalue weighted by molar-refractivity contribution is -0.121. The summed E-state index contributed by atoms with van der Waals surface area (Å²) in [6.07, 6.45) is 22.3. The largest absolute Gasteiger partial charge is 0.356 e. The molecule has 0 unspecified atom stereocenters. The molecule has 0 spiro atoms. The predicted molar refractivity (Wildman–Crippen MR) is 159 cm³/mol. The first-order chi connectivity index (χ1) is 17.7. The van der Waals surface area contributed by atoms with E-state index in [9.17, 15) is 4.79 Å². The number of rotatable bonds is 23. The molecular formula is C32H61N3O. The highest BCUT2D eigenvalue weighted by atomic mass is 16.1. The third-order valence-corrected chi connectivity index (χ3v) is 6.95. The highest BCUT2D eigenvalue weighted by molar-refractivity contribution is 5.75. The van der Waals surface area contributed by atoms with Gasteiger partial charge in [0.05, 0.1) is 0 Å². The minimum Gasteiger partial charge on any atom is -0.356 e. The summed E-state index contributed by atoms with van der Waals surface area (Å²) in [7, 11) is 0. The zero-order valence-electron chi connectivity index (χ0n) is 24.4. The molecule has 0 aromatic heterocycles. The van der Waals surface area contributed by atoms with Crippen LogP contribution in [0.5, 0.6) is 0 Å². The number of carbonyl (C=O) groups excluding carboxylic acids is 1. The average molecular weight is 504 g/mol. The highest BCUT2D eigenvalue weighted by Gasteiger charge is 2.02. The topological polar surface area (TPSA) is 58.4 Å². The van der Waals surface area contributed by atoms with Gasteiger partial charge in [-0.3, -0.25) is 4.79 Å². The Hall–Kier alpha value is -1.39. The number of nitrogens with two attached hydrogens (primary N) is 1. The van der Waals surface area contributed by atoms with Gasteiger partial charge in [0.1, 0.15) is 0 Å². The van der Waals surface area contributed by atoms with Gasteiger partial charge in [-0.05, 0) is 38.0 Å². The van der Waals surface area contributed by atoms with Gasteiger partial charge >= 0.3 is 0 Å². The summed E-state index contributed by atoms with van der Waals surface area (Å²) in [4.78, 5) is 14.2. The van der Waals surface area contributed by atoms with Crippen LogP contribution in [0.15, 0.2) is 30.3 Å². The van der Waals surface area contributed by atoms with E-state index in [1.54, 1.807) is 0 Å². The molecule has 0 aliphatic rings. The fourth-order valence-electron chi connectivity index (χ4n) is 4.43. The molecule has 4 nitrogen and oxygen atoms in total. The molecule has 4 heteroatoms. The van der Waals surface area contributed by atoms with Gasteiger partial charge < -0.3 is 16.0 Å². The van der Waals surface area contributed by atoms with Crippen LogP contribution >= 0.6 is 0 Å². The van der Waals surface area contributed by atoms with Crippen molar-refractivity contribution < 1.29 is 4.79 Å². The number of benzene rings is 1. The van der Waals surface area contributed by atoms with Crippen molar-refractivity contribution in [2.45, 2.75) is 136 Å². The molecule has 0 aliphatic carbocycles. The molecule has 1 aromatic rings. The second-order valence-corrected chi connectivity index (χ2v) is 10.1. The maximum Gasteiger partial charge on any atom is 0.219 e. The van der Waals surface area contributed by atoms with E-state index in [4.69, 9.17) is 5.73 Å². The number of unbranched alkanes of at least 4 members (excludes halogenated alkanes) is 14. The van der Waals surface area contributed by atoms with E-state index < -0.39 is 0 Å². The van der Waals surface area contributed by atoms with E-state index in [2.05, 4.69) is 31.0 Å². The molecular weight excluding hydrogens is 442 g/mol. The summed E-state index contributed by atoms with van der Waals surface area (Å²) in [5, 5.41) is 3.07. The summed E-state index contributed by atoms with van der Waals surface area (Å²) in [6.45, 7) is 11.4. The fraction of sp³-hybridized carbons (Fsp3) is 0.781. The molecule has 0 saturated carbocycles. The Bertz CT molecular complexity index is 560. The van der Waals surface area contributed by atoms with E-state index in [1.807, 2.05) is 30.3 Å². The fourth-order valence-corrected chi connectivity index (χ4v) is 4.43.